The molecule has 0 aliphatic carbocycles. The molecular formula is C23H21N5O2. The largest absolute Gasteiger partial charge is 0.462 e. The van der Waals surface area contributed by atoms with Crippen molar-refractivity contribution in [2.45, 2.75) is 6.92 Å². The van der Waals surface area contributed by atoms with E-state index in [0.717, 1.165) is 52.3 Å². The predicted octanol–water partition coefficient (Wildman–Crippen LogP) is 3.37. The van der Waals surface area contributed by atoms with Gasteiger partial charge >= 0.3 is 5.97 Å². The Balaban J connectivity index is 1.46. The van der Waals surface area contributed by atoms with E-state index in [4.69, 9.17) is 4.74 Å². The monoisotopic (exact) mass is 399 g/mol. The second-order valence-electron chi connectivity index (χ2n) is 7.54. The van der Waals surface area contributed by atoms with Crippen molar-refractivity contribution in [2.75, 3.05) is 19.7 Å². The number of aryl methyl sites for hydroxylation is 1. The summed E-state index contributed by atoms with van der Waals surface area (Å²) in [4.78, 5) is 29.1. The van der Waals surface area contributed by atoms with Gasteiger partial charge in [0.25, 0.3) is 0 Å². The summed E-state index contributed by atoms with van der Waals surface area (Å²) >= 11 is 0. The fraction of sp³-hybridized carbons (Fsp3) is 0.217. The predicted molar refractivity (Wildman–Crippen MR) is 114 cm³/mol. The van der Waals surface area contributed by atoms with E-state index in [0.29, 0.717) is 18.1 Å². The number of rotatable bonds is 5. The van der Waals surface area contributed by atoms with Crippen LogP contribution in [0.4, 0.5) is 0 Å². The Bertz CT molecular complexity index is 1230. The van der Waals surface area contributed by atoms with E-state index in [-0.39, 0.29) is 5.97 Å². The number of hydrogen-bond acceptors (Lipinski definition) is 6. The van der Waals surface area contributed by atoms with Crippen LogP contribution in [0.3, 0.4) is 0 Å². The van der Waals surface area contributed by atoms with E-state index < -0.39 is 0 Å². The van der Waals surface area contributed by atoms with Crippen LogP contribution in [0.15, 0.2) is 55.0 Å². The van der Waals surface area contributed by atoms with Crippen LogP contribution in [0, 0.1) is 12.8 Å². The average molecular weight is 399 g/mol. The molecule has 0 saturated carbocycles. The molecule has 1 fully saturated rings. The number of aromatic nitrogens is 4. The normalized spacial score (nSPS) is 13.9. The van der Waals surface area contributed by atoms with Crippen molar-refractivity contribution in [2.24, 2.45) is 5.92 Å². The van der Waals surface area contributed by atoms with Crippen LogP contribution in [0.1, 0.15) is 16.1 Å². The summed E-state index contributed by atoms with van der Waals surface area (Å²) in [5.74, 6) is 0.0633. The van der Waals surface area contributed by atoms with Crippen molar-refractivity contribution in [3.8, 4) is 22.6 Å². The number of carbonyl (C=O) groups excluding carboxylic acids is 1. The van der Waals surface area contributed by atoms with Crippen LogP contribution in [-0.4, -0.2) is 45.6 Å². The molecule has 150 valence electrons. The number of fused-ring (bicyclic) bond motifs is 1. The number of nitrogens with one attached hydrogen (secondary N) is 2. The van der Waals surface area contributed by atoms with Gasteiger partial charge in [0.05, 0.1) is 41.1 Å². The summed E-state index contributed by atoms with van der Waals surface area (Å²) < 4.78 is 5.43. The first-order valence-corrected chi connectivity index (χ1v) is 9.93. The Labute approximate surface area is 173 Å². The maximum Gasteiger partial charge on any atom is 0.339 e. The summed E-state index contributed by atoms with van der Waals surface area (Å²) in [7, 11) is 0. The Morgan fingerprint density at radius 2 is 2.07 bits per heavy atom. The van der Waals surface area contributed by atoms with Gasteiger partial charge in [-0.2, -0.15) is 0 Å². The van der Waals surface area contributed by atoms with Gasteiger partial charge in [-0.05, 0) is 37.3 Å². The number of imidazole rings is 1. The minimum absolute atomic E-state index is 0.342. The third-order valence-corrected chi connectivity index (χ3v) is 5.29. The van der Waals surface area contributed by atoms with Crippen LogP contribution in [0.25, 0.3) is 33.5 Å². The lowest BCUT2D eigenvalue weighted by atomic mass is 10.0. The maximum absolute atomic E-state index is 12.4. The van der Waals surface area contributed by atoms with Crippen molar-refractivity contribution >= 4 is 16.9 Å². The van der Waals surface area contributed by atoms with Crippen LogP contribution in [0.2, 0.25) is 0 Å². The Kier molecular flexibility index (Phi) is 4.72. The molecule has 1 saturated heterocycles. The fourth-order valence-corrected chi connectivity index (χ4v) is 3.52. The van der Waals surface area contributed by atoms with Gasteiger partial charge in [0.15, 0.2) is 0 Å². The topological polar surface area (TPSA) is 92.8 Å². The third-order valence-electron chi connectivity index (χ3n) is 5.29. The third kappa shape index (κ3) is 3.55. The first kappa shape index (κ1) is 18.4. The second kappa shape index (κ2) is 7.68. The number of hydrogen-bond donors (Lipinski definition) is 2. The molecule has 0 radical (unpaired) electrons. The first-order chi connectivity index (χ1) is 14.7. The van der Waals surface area contributed by atoms with Gasteiger partial charge in [-0.3, -0.25) is 9.97 Å². The van der Waals surface area contributed by atoms with E-state index in [1.54, 1.807) is 12.5 Å². The molecule has 0 amide bonds. The summed E-state index contributed by atoms with van der Waals surface area (Å²) in [5, 5.41) is 4.03. The summed E-state index contributed by atoms with van der Waals surface area (Å²) in [6.07, 6.45) is 3.24. The fourth-order valence-electron chi connectivity index (χ4n) is 3.52. The molecule has 5 rings (SSSR count). The van der Waals surface area contributed by atoms with Crippen molar-refractivity contribution in [1.82, 2.24) is 25.3 Å². The number of nitrogens with zero attached hydrogens (tertiary/aromatic N) is 3. The standard InChI is InChI=1S/C23H21N5O2/c1-14-3-2-4-20(28-14)22-21(26-13-27-22)16-5-6-19-17(7-16)8-18(11-25-19)23(29)30-12-15-9-24-10-15/h2-8,11,13,15,24H,9-10,12H2,1H3,(H,26,27). The molecule has 0 atom stereocenters. The van der Waals surface area contributed by atoms with Gasteiger partial charge in [-0.1, -0.05) is 12.1 Å². The van der Waals surface area contributed by atoms with Crippen LogP contribution < -0.4 is 5.32 Å². The first-order valence-electron chi connectivity index (χ1n) is 9.93. The highest BCUT2D eigenvalue weighted by molar-refractivity contribution is 5.95. The van der Waals surface area contributed by atoms with Crippen molar-refractivity contribution in [1.29, 1.82) is 0 Å². The van der Waals surface area contributed by atoms with Gasteiger partial charge in [-0.15, -0.1) is 0 Å². The van der Waals surface area contributed by atoms with Gasteiger partial charge in [-0.25, -0.2) is 9.78 Å². The van der Waals surface area contributed by atoms with Gasteiger partial charge in [0.1, 0.15) is 0 Å². The molecule has 1 aliphatic heterocycles. The zero-order chi connectivity index (χ0) is 20.5. The van der Waals surface area contributed by atoms with Crippen molar-refractivity contribution in [3.63, 3.8) is 0 Å². The smallest absolute Gasteiger partial charge is 0.339 e. The van der Waals surface area contributed by atoms with Gasteiger partial charge in [0, 0.05) is 41.8 Å². The molecule has 4 aromatic rings. The molecule has 0 bridgehead atoms. The van der Waals surface area contributed by atoms with Crippen LogP contribution in [-0.2, 0) is 4.74 Å². The minimum atomic E-state index is -0.342. The molecule has 7 heteroatoms. The molecule has 1 aromatic carbocycles. The SMILES string of the molecule is Cc1cccc(-c2[nH]cnc2-c2ccc3ncc(C(=O)OCC4CNC4)cc3c2)n1. The average Bonchev–Trinajstić information content (AvgIpc) is 3.21. The minimum Gasteiger partial charge on any atom is -0.462 e. The number of carbonyl (C=O) groups is 1. The molecule has 4 heterocycles. The van der Waals surface area contributed by atoms with Crippen LogP contribution >= 0.6 is 0 Å². The Hall–Kier alpha value is -3.58. The zero-order valence-electron chi connectivity index (χ0n) is 16.6. The number of H-pyrrole nitrogens is 1. The number of aromatic amines is 1. The van der Waals surface area contributed by atoms with Crippen molar-refractivity contribution in [3.05, 3.63) is 66.2 Å². The van der Waals surface area contributed by atoms with Crippen LogP contribution in [0.5, 0.6) is 0 Å². The maximum atomic E-state index is 12.4. The molecule has 1 aliphatic rings. The molecule has 30 heavy (non-hydrogen) atoms. The zero-order valence-corrected chi connectivity index (χ0v) is 16.6. The van der Waals surface area contributed by atoms with Gasteiger partial charge in [0.2, 0.25) is 0 Å². The van der Waals surface area contributed by atoms with Gasteiger partial charge < -0.3 is 15.0 Å². The number of pyridine rings is 2. The quantitative estimate of drug-likeness (QED) is 0.500. The molecule has 3 aromatic heterocycles. The molecule has 0 unspecified atom stereocenters. The number of benzene rings is 1. The molecular weight excluding hydrogens is 378 g/mol. The molecule has 0 spiro atoms. The number of ether oxygens (including phenoxy) is 1. The van der Waals surface area contributed by atoms with E-state index in [1.807, 2.05) is 49.4 Å². The van der Waals surface area contributed by atoms with E-state index in [2.05, 4.69) is 25.3 Å². The highest BCUT2D eigenvalue weighted by Gasteiger charge is 2.19. The summed E-state index contributed by atoms with van der Waals surface area (Å²) in [6.45, 7) is 4.19. The second-order valence-corrected chi connectivity index (χ2v) is 7.54. The van der Waals surface area contributed by atoms with Crippen molar-refractivity contribution < 1.29 is 9.53 Å². The van der Waals surface area contributed by atoms with E-state index >= 15 is 0 Å². The molecule has 2 N–H and O–H groups in total. The summed E-state index contributed by atoms with van der Waals surface area (Å²) in [5.41, 5.74) is 5.63. The summed E-state index contributed by atoms with van der Waals surface area (Å²) in [6, 6.07) is 13.6. The lowest BCUT2D eigenvalue weighted by Crippen LogP contribution is -2.44. The Morgan fingerprint density at radius 3 is 2.87 bits per heavy atom. The lowest BCUT2D eigenvalue weighted by molar-refractivity contribution is 0.0397. The Morgan fingerprint density at radius 1 is 1.17 bits per heavy atom. The highest BCUT2D eigenvalue weighted by Crippen LogP contribution is 2.30. The van der Waals surface area contributed by atoms with E-state index in [1.165, 1.54) is 0 Å². The highest BCUT2D eigenvalue weighted by atomic mass is 16.5. The molecule has 7 nitrogen and oxygen atoms in total. The number of esters is 1. The lowest BCUT2D eigenvalue weighted by Gasteiger charge is -2.26. The van der Waals surface area contributed by atoms with E-state index in [9.17, 15) is 4.79 Å².